The zero-order chi connectivity index (χ0) is 62.7. The number of nitrogens with one attached hydrogen (secondary N) is 9. The molecule has 1 rings (SSSR count). The molecule has 0 radical (unpaired) electrons. The minimum Gasteiger partial charge on any atom is -0.508 e. The molecule has 22 N–H and O–H groups in total. The minimum atomic E-state index is -1.94. The largest absolute Gasteiger partial charge is 0.508 e. The maximum Gasteiger partial charge on any atom is 0.326 e. The van der Waals surface area contributed by atoms with Crippen LogP contribution in [0.4, 0.5) is 0 Å². The number of aromatic hydroxyl groups is 1. The van der Waals surface area contributed by atoms with E-state index in [4.69, 9.17) is 22.9 Å². The SMILES string of the molecule is CC[C@H](C)[C@H](NC(=O)CNC(=O)[C@@H](NC(=O)[C@H](CC(=O)O)NC(=O)[C@@H](N)C(C)C)[C@@H](C)O)C(=O)N[C@@H](CCC(N)=O)C(=O)N[C@H](C(=O)N[C@@H](CC(=O)O)C(=O)N[C@@H](CCCN=C(N)N)C(=O)N[C@@H](Cc1ccc(O)cc1)C(=O)O)C(C)C. The third-order valence-electron chi connectivity index (χ3n) is 12.5. The lowest BCUT2D eigenvalue weighted by atomic mass is 9.97. The zero-order valence-corrected chi connectivity index (χ0v) is 46.7. The third kappa shape index (κ3) is 26.1. The number of amides is 10. The molecule has 0 unspecified atom stereocenters. The van der Waals surface area contributed by atoms with Crippen LogP contribution < -0.4 is 70.8 Å². The summed E-state index contributed by atoms with van der Waals surface area (Å²) >= 11 is 0. The summed E-state index contributed by atoms with van der Waals surface area (Å²) in [5.41, 5.74) is 22.4. The van der Waals surface area contributed by atoms with Crippen LogP contribution in [-0.4, -0.2) is 182 Å². The normalized spacial score (nSPS) is 15.1. The summed E-state index contributed by atoms with van der Waals surface area (Å²) < 4.78 is 0. The molecule has 0 spiro atoms. The van der Waals surface area contributed by atoms with Gasteiger partial charge >= 0.3 is 17.9 Å². The Bertz CT molecular complexity index is 2450. The van der Waals surface area contributed by atoms with Crippen LogP contribution in [0.5, 0.6) is 5.75 Å². The number of phenols is 1. The van der Waals surface area contributed by atoms with E-state index in [9.17, 15) is 87.9 Å². The number of hydrogen-bond acceptors (Lipinski definition) is 17. The highest BCUT2D eigenvalue weighted by molar-refractivity contribution is 5.99. The third-order valence-corrected chi connectivity index (χ3v) is 12.5. The van der Waals surface area contributed by atoms with Gasteiger partial charge in [0.25, 0.3) is 0 Å². The molecule has 10 amide bonds. The molecule has 32 heteroatoms. The number of aliphatic imine (C=N–C) groups is 1. The van der Waals surface area contributed by atoms with E-state index in [2.05, 4.69) is 52.8 Å². The highest BCUT2D eigenvalue weighted by Gasteiger charge is 2.37. The van der Waals surface area contributed by atoms with Gasteiger partial charge in [0, 0.05) is 19.4 Å². The Kier molecular flexibility index (Phi) is 30.6. The van der Waals surface area contributed by atoms with Gasteiger partial charge in [-0.25, -0.2) is 4.79 Å². The van der Waals surface area contributed by atoms with Gasteiger partial charge in [0.05, 0.1) is 31.5 Å². The Morgan fingerprint density at radius 2 is 1.01 bits per heavy atom. The predicted octanol–water partition coefficient (Wildman–Crippen LogP) is -5.65. The number of benzene rings is 1. The van der Waals surface area contributed by atoms with Crippen molar-refractivity contribution in [3.63, 3.8) is 0 Å². The van der Waals surface area contributed by atoms with Gasteiger partial charge in [-0.3, -0.25) is 62.5 Å². The quantitative estimate of drug-likeness (QED) is 0.0168. The number of carbonyl (C=O) groups is 13. The van der Waals surface area contributed by atoms with Gasteiger partial charge in [-0.2, -0.15) is 0 Å². The number of carboxylic acid groups (broad SMARTS) is 3. The molecular weight excluding hydrogens is 1080 g/mol. The smallest absolute Gasteiger partial charge is 0.326 e. The molecule has 1 aromatic carbocycles. The van der Waals surface area contributed by atoms with Crippen LogP contribution in [0, 0.1) is 17.8 Å². The second-order valence-electron chi connectivity index (χ2n) is 20.0. The minimum absolute atomic E-state index is 0.0213. The van der Waals surface area contributed by atoms with Crippen molar-refractivity contribution in [3.05, 3.63) is 29.8 Å². The van der Waals surface area contributed by atoms with Crippen molar-refractivity contribution in [2.75, 3.05) is 13.1 Å². The summed E-state index contributed by atoms with van der Waals surface area (Å²) in [6.07, 6.45) is -4.90. The van der Waals surface area contributed by atoms with Gasteiger partial charge in [-0.05, 0) is 61.6 Å². The molecule has 0 aliphatic rings. The summed E-state index contributed by atoms with van der Waals surface area (Å²) in [6, 6.07) is -9.05. The molecule has 0 aromatic heterocycles. The van der Waals surface area contributed by atoms with Crippen LogP contribution in [0.2, 0.25) is 0 Å². The Labute approximate surface area is 472 Å². The fraction of sp³-hybridized carbons (Fsp3) is 0.600. The van der Waals surface area contributed by atoms with E-state index in [1.165, 1.54) is 45.0 Å². The van der Waals surface area contributed by atoms with Crippen LogP contribution in [0.3, 0.4) is 0 Å². The molecule has 0 heterocycles. The summed E-state index contributed by atoms with van der Waals surface area (Å²) in [7, 11) is 0. The second-order valence-corrected chi connectivity index (χ2v) is 20.0. The number of aliphatic carboxylic acids is 3. The van der Waals surface area contributed by atoms with Crippen molar-refractivity contribution in [3.8, 4) is 5.75 Å². The number of guanidine groups is 1. The molecule has 0 aliphatic heterocycles. The molecule has 0 saturated heterocycles. The molecule has 1 aromatic rings. The number of rotatable bonds is 37. The molecule has 458 valence electrons. The monoisotopic (exact) mass is 1160 g/mol. The number of carboxylic acids is 3. The molecular formula is C50H80N14O18. The average Bonchev–Trinajstić information content (AvgIpc) is 3.38. The van der Waals surface area contributed by atoms with Crippen LogP contribution in [0.1, 0.15) is 99.0 Å². The number of aliphatic hydroxyl groups is 1. The topological polar surface area (TPSA) is 548 Å². The number of carbonyl (C=O) groups excluding carboxylic acids is 10. The standard InChI is InChI=1S/C50H80N14O18/c1-8-24(6)39(62-34(68)21-56-46(78)40(25(7)65)64-44(76)31(20-36(71)72)59-45(77)37(52)22(2)3)48(80)58-29(15-16-33(51)67)42(74)63-38(23(4)5)47(79)60-30(19-35(69)70)43(75)57-28(10-9-17-55-50(53)54)41(73)61-32(49(81)82)18-26-11-13-27(66)14-12-26/h11-14,22-25,28-32,37-40,65-66H,8-10,15-21,52H2,1-7H3,(H2,51,67)(H,56,78)(H,57,75)(H,58,80)(H,59,77)(H,60,79)(H,61,73)(H,62,68)(H,63,74)(H,64,76)(H,69,70)(H,71,72)(H,81,82)(H4,53,54,55)/t24-,25+,28-,29-,30-,31-,32-,37-,38-,39-,40-/m0/s1. The molecule has 0 fully saturated rings. The van der Waals surface area contributed by atoms with Crippen LogP contribution in [-0.2, 0) is 68.7 Å². The lowest BCUT2D eigenvalue weighted by Gasteiger charge is -2.29. The van der Waals surface area contributed by atoms with Crippen molar-refractivity contribution in [2.24, 2.45) is 45.7 Å². The summed E-state index contributed by atoms with van der Waals surface area (Å²) in [5.74, 6) is -17.6. The van der Waals surface area contributed by atoms with Gasteiger partial charge < -0.3 is 96.3 Å². The fourth-order valence-corrected chi connectivity index (χ4v) is 7.45. The number of aliphatic hydroxyl groups excluding tert-OH is 1. The molecule has 0 saturated carbocycles. The van der Waals surface area contributed by atoms with Crippen molar-refractivity contribution in [1.82, 2.24) is 47.9 Å². The molecule has 11 atom stereocenters. The number of hydrogen-bond donors (Lipinski definition) is 18. The number of primary amides is 1. The van der Waals surface area contributed by atoms with Crippen LogP contribution in [0.25, 0.3) is 0 Å². The van der Waals surface area contributed by atoms with Gasteiger partial charge in [0.1, 0.15) is 54.1 Å². The van der Waals surface area contributed by atoms with Crippen LogP contribution in [0.15, 0.2) is 29.3 Å². The van der Waals surface area contributed by atoms with E-state index in [1.807, 2.05) is 0 Å². The highest BCUT2D eigenvalue weighted by Crippen LogP contribution is 2.14. The summed E-state index contributed by atoms with van der Waals surface area (Å²) in [5, 5.41) is 69.9. The van der Waals surface area contributed by atoms with Crippen molar-refractivity contribution in [2.45, 2.75) is 160 Å². The first-order chi connectivity index (χ1) is 38.2. The average molecular weight is 1170 g/mol. The lowest BCUT2D eigenvalue weighted by molar-refractivity contribution is -0.143. The van der Waals surface area contributed by atoms with E-state index in [0.29, 0.717) is 5.56 Å². The molecule has 32 nitrogen and oxygen atoms in total. The highest BCUT2D eigenvalue weighted by atomic mass is 16.4. The molecule has 0 aliphatic carbocycles. The van der Waals surface area contributed by atoms with E-state index in [1.54, 1.807) is 20.8 Å². The number of nitrogens with two attached hydrogens (primary N) is 4. The van der Waals surface area contributed by atoms with Crippen molar-refractivity contribution >= 4 is 82.9 Å². The van der Waals surface area contributed by atoms with E-state index in [0.717, 1.165) is 6.92 Å². The molecule has 0 bridgehead atoms. The van der Waals surface area contributed by atoms with E-state index < -0.39 is 187 Å². The van der Waals surface area contributed by atoms with Crippen molar-refractivity contribution < 1.29 is 87.9 Å². The number of phenolic OH excluding ortho intramolecular Hbond substituents is 1. The maximum absolute atomic E-state index is 14.0. The first kappa shape index (κ1) is 71.3. The zero-order valence-electron chi connectivity index (χ0n) is 46.7. The predicted molar refractivity (Wildman–Crippen MR) is 290 cm³/mol. The van der Waals surface area contributed by atoms with E-state index >= 15 is 0 Å². The Balaban J connectivity index is 3.38. The fourth-order valence-electron chi connectivity index (χ4n) is 7.45. The molecule has 82 heavy (non-hydrogen) atoms. The van der Waals surface area contributed by atoms with Crippen LogP contribution >= 0.6 is 0 Å². The Morgan fingerprint density at radius 1 is 0.549 bits per heavy atom. The summed E-state index contributed by atoms with van der Waals surface area (Å²) in [4.78, 5) is 173. The van der Waals surface area contributed by atoms with Gasteiger partial charge in [0.15, 0.2) is 5.96 Å². The maximum atomic E-state index is 14.0. The van der Waals surface area contributed by atoms with E-state index in [-0.39, 0.29) is 43.9 Å². The van der Waals surface area contributed by atoms with Gasteiger partial charge in [0.2, 0.25) is 59.1 Å². The summed E-state index contributed by atoms with van der Waals surface area (Å²) in [6.45, 7) is 9.45. The Hall–Kier alpha value is -8.68. The first-order valence-electron chi connectivity index (χ1n) is 26.1. The lowest BCUT2D eigenvalue weighted by Crippen LogP contribution is -2.61. The second kappa shape index (κ2) is 35.1. The first-order valence-corrected chi connectivity index (χ1v) is 26.1. The van der Waals surface area contributed by atoms with Crippen molar-refractivity contribution in [1.29, 1.82) is 0 Å². The van der Waals surface area contributed by atoms with Gasteiger partial charge in [-0.15, -0.1) is 0 Å². The number of nitrogens with zero attached hydrogens (tertiary/aromatic N) is 1. The Morgan fingerprint density at radius 3 is 1.50 bits per heavy atom. The van der Waals surface area contributed by atoms with Gasteiger partial charge in [-0.1, -0.05) is 60.1 Å².